The number of ketones is 1. The fourth-order valence-electron chi connectivity index (χ4n) is 4.33. The predicted octanol–water partition coefficient (Wildman–Crippen LogP) is 4.71. The molecule has 1 saturated heterocycles. The number of nitrogens with zero attached hydrogens (tertiary/aromatic N) is 1. The van der Waals surface area contributed by atoms with Gasteiger partial charge in [0.05, 0.1) is 18.2 Å². The van der Waals surface area contributed by atoms with E-state index in [4.69, 9.17) is 4.74 Å². The number of Topliss-reactive ketones (excluding diaryl/α,β-unsaturated/α-hetero) is 1. The summed E-state index contributed by atoms with van der Waals surface area (Å²) in [5.74, 6) is -0.734. The molecule has 0 bridgehead atoms. The number of likely N-dealkylation sites (tertiary alicyclic amines) is 1. The summed E-state index contributed by atoms with van der Waals surface area (Å²) in [6, 6.07) is 14.0. The Bertz CT molecular complexity index is 1170. The van der Waals surface area contributed by atoms with Crippen LogP contribution in [0.4, 0.5) is 0 Å². The monoisotopic (exact) mass is 418 g/mol. The molecule has 2 aromatic carbocycles. The molecule has 3 aromatic rings. The zero-order valence-electron chi connectivity index (χ0n) is 17.9. The zero-order chi connectivity index (χ0) is 22.1. The van der Waals surface area contributed by atoms with Gasteiger partial charge < -0.3 is 19.7 Å². The van der Waals surface area contributed by atoms with Crippen molar-refractivity contribution in [3.05, 3.63) is 70.9 Å². The van der Waals surface area contributed by atoms with Crippen molar-refractivity contribution >= 4 is 28.4 Å². The summed E-state index contributed by atoms with van der Waals surface area (Å²) in [4.78, 5) is 30.9. The Kier molecular flexibility index (Phi) is 5.55. The molecular formula is C25H26N2O4. The minimum Gasteiger partial charge on any atom is -0.507 e. The van der Waals surface area contributed by atoms with Gasteiger partial charge in [-0.3, -0.25) is 9.59 Å². The van der Waals surface area contributed by atoms with Gasteiger partial charge in [0.15, 0.2) is 0 Å². The van der Waals surface area contributed by atoms with Crippen molar-refractivity contribution < 1.29 is 19.4 Å². The fraction of sp³-hybridized carbons (Fsp3) is 0.280. The number of carbonyl (C=O) groups excluding carboxylic acids is 2. The maximum atomic E-state index is 13.1. The van der Waals surface area contributed by atoms with Gasteiger partial charge in [0.1, 0.15) is 11.5 Å². The van der Waals surface area contributed by atoms with Crippen LogP contribution in [0.2, 0.25) is 0 Å². The molecule has 2 N–H and O–H groups in total. The second-order valence-electron chi connectivity index (χ2n) is 7.66. The predicted molar refractivity (Wildman–Crippen MR) is 120 cm³/mol. The van der Waals surface area contributed by atoms with Crippen molar-refractivity contribution in [2.45, 2.75) is 33.2 Å². The normalized spacial score (nSPS) is 18.2. The molecular weight excluding hydrogens is 392 g/mol. The number of aromatic amines is 1. The zero-order valence-corrected chi connectivity index (χ0v) is 17.9. The molecule has 1 unspecified atom stereocenters. The largest absolute Gasteiger partial charge is 0.507 e. The van der Waals surface area contributed by atoms with Crippen molar-refractivity contribution in [1.82, 2.24) is 9.88 Å². The molecule has 1 atom stereocenters. The van der Waals surface area contributed by atoms with Crippen LogP contribution in [-0.4, -0.2) is 39.8 Å². The second kappa shape index (κ2) is 8.30. The molecule has 0 radical (unpaired) electrons. The summed E-state index contributed by atoms with van der Waals surface area (Å²) < 4.78 is 5.47. The lowest BCUT2D eigenvalue weighted by molar-refractivity contribution is -0.139. The van der Waals surface area contributed by atoms with E-state index in [9.17, 15) is 14.7 Å². The Balaban J connectivity index is 1.92. The van der Waals surface area contributed by atoms with Gasteiger partial charge in [-0.1, -0.05) is 25.1 Å². The third-order valence-corrected chi connectivity index (χ3v) is 5.66. The Morgan fingerprint density at radius 3 is 2.48 bits per heavy atom. The molecule has 31 heavy (non-hydrogen) atoms. The van der Waals surface area contributed by atoms with Crippen molar-refractivity contribution in [1.29, 1.82) is 0 Å². The van der Waals surface area contributed by atoms with E-state index in [1.54, 1.807) is 29.2 Å². The Labute approximate surface area is 181 Å². The number of rotatable bonds is 6. The molecule has 1 fully saturated rings. The molecule has 6 nitrogen and oxygen atoms in total. The molecule has 1 aromatic heterocycles. The van der Waals surface area contributed by atoms with Gasteiger partial charge in [0.25, 0.3) is 11.7 Å². The molecule has 4 rings (SSSR count). The third-order valence-electron chi connectivity index (χ3n) is 5.66. The first kappa shape index (κ1) is 20.7. The van der Waals surface area contributed by atoms with Crippen LogP contribution < -0.4 is 4.74 Å². The Hall–Kier alpha value is -3.54. The standard InChI is InChI=1S/C25H26N2O4/c1-4-14-27-22(20-15(3)26-19-9-7-6-8-18(19)20)21(24(29)25(27)30)23(28)16-10-12-17(13-11-16)31-5-2/h6-13,22,26,28H,4-5,14H2,1-3H3/b23-21+. The first-order valence-corrected chi connectivity index (χ1v) is 10.6. The summed E-state index contributed by atoms with van der Waals surface area (Å²) >= 11 is 0. The minimum absolute atomic E-state index is 0.121. The lowest BCUT2D eigenvalue weighted by Gasteiger charge is -2.25. The number of carbonyl (C=O) groups is 2. The van der Waals surface area contributed by atoms with Gasteiger partial charge in [-0.15, -0.1) is 0 Å². The van der Waals surface area contributed by atoms with Gasteiger partial charge in [-0.2, -0.15) is 0 Å². The molecule has 1 amide bonds. The molecule has 6 heteroatoms. The van der Waals surface area contributed by atoms with Crippen LogP contribution >= 0.6 is 0 Å². The van der Waals surface area contributed by atoms with Crippen molar-refractivity contribution in [3.8, 4) is 5.75 Å². The first-order valence-electron chi connectivity index (χ1n) is 10.6. The van der Waals surface area contributed by atoms with E-state index in [1.807, 2.05) is 45.0 Å². The lowest BCUT2D eigenvalue weighted by atomic mass is 9.93. The number of nitrogens with one attached hydrogen (secondary N) is 1. The number of aliphatic hydroxyl groups excluding tert-OH is 1. The SMILES string of the molecule is CCCN1C(=O)C(=O)/C(=C(/O)c2ccc(OCC)cc2)C1c1c(C)[nH]c2ccccc12. The average Bonchev–Trinajstić information content (AvgIpc) is 3.22. The number of fused-ring (bicyclic) bond motifs is 1. The highest BCUT2D eigenvalue weighted by molar-refractivity contribution is 6.46. The van der Waals surface area contributed by atoms with E-state index in [0.717, 1.165) is 22.2 Å². The lowest BCUT2D eigenvalue weighted by Crippen LogP contribution is -2.30. The smallest absolute Gasteiger partial charge is 0.295 e. The fourth-order valence-corrected chi connectivity index (χ4v) is 4.33. The van der Waals surface area contributed by atoms with Crippen molar-refractivity contribution in [2.24, 2.45) is 0 Å². The highest BCUT2D eigenvalue weighted by Crippen LogP contribution is 2.43. The molecule has 0 aliphatic carbocycles. The van der Waals surface area contributed by atoms with Gasteiger partial charge in [-0.25, -0.2) is 0 Å². The summed E-state index contributed by atoms with van der Waals surface area (Å²) in [6.45, 7) is 6.75. The number of hydrogen-bond donors (Lipinski definition) is 2. The van der Waals surface area contributed by atoms with E-state index >= 15 is 0 Å². The second-order valence-corrected chi connectivity index (χ2v) is 7.66. The summed E-state index contributed by atoms with van der Waals surface area (Å²) in [6.07, 6.45) is 0.702. The Morgan fingerprint density at radius 2 is 1.81 bits per heavy atom. The number of aromatic nitrogens is 1. The topological polar surface area (TPSA) is 82.6 Å². The number of benzene rings is 2. The summed E-state index contributed by atoms with van der Waals surface area (Å²) in [5.41, 5.74) is 3.23. The van der Waals surface area contributed by atoms with E-state index < -0.39 is 17.7 Å². The van der Waals surface area contributed by atoms with Gasteiger partial charge in [0.2, 0.25) is 0 Å². The van der Waals surface area contributed by atoms with Crippen LogP contribution in [0.5, 0.6) is 5.75 Å². The van der Waals surface area contributed by atoms with Crippen LogP contribution in [0.15, 0.2) is 54.1 Å². The molecule has 0 spiro atoms. The van der Waals surface area contributed by atoms with Crippen LogP contribution in [0.25, 0.3) is 16.7 Å². The number of para-hydroxylation sites is 1. The highest BCUT2D eigenvalue weighted by Gasteiger charge is 2.47. The molecule has 1 aliphatic rings. The number of amides is 1. The van der Waals surface area contributed by atoms with Crippen LogP contribution in [0.1, 0.15) is 43.1 Å². The number of aryl methyl sites for hydroxylation is 1. The van der Waals surface area contributed by atoms with Gasteiger partial charge >= 0.3 is 0 Å². The number of aliphatic hydroxyl groups is 1. The van der Waals surface area contributed by atoms with E-state index in [-0.39, 0.29) is 11.3 Å². The van der Waals surface area contributed by atoms with E-state index in [2.05, 4.69) is 4.98 Å². The van der Waals surface area contributed by atoms with Crippen LogP contribution in [-0.2, 0) is 9.59 Å². The van der Waals surface area contributed by atoms with Crippen molar-refractivity contribution in [3.63, 3.8) is 0 Å². The number of H-pyrrole nitrogens is 1. The molecule has 0 saturated carbocycles. The summed E-state index contributed by atoms with van der Waals surface area (Å²) in [7, 11) is 0. The average molecular weight is 418 g/mol. The van der Waals surface area contributed by atoms with Crippen molar-refractivity contribution in [2.75, 3.05) is 13.2 Å². The number of hydrogen-bond acceptors (Lipinski definition) is 4. The van der Waals surface area contributed by atoms with Gasteiger partial charge in [-0.05, 0) is 50.6 Å². The first-order chi connectivity index (χ1) is 15.0. The molecule has 2 heterocycles. The maximum absolute atomic E-state index is 13.1. The van der Waals surface area contributed by atoms with Gasteiger partial charge in [0, 0.05) is 34.3 Å². The Morgan fingerprint density at radius 1 is 1.10 bits per heavy atom. The third kappa shape index (κ3) is 3.48. The highest BCUT2D eigenvalue weighted by atomic mass is 16.5. The maximum Gasteiger partial charge on any atom is 0.295 e. The van der Waals surface area contributed by atoms with Crippen LogP contribution in [0, 0.1) is 6.92 Å². The van der Waals surface area contributed by atoms with E-state index in [0.29, 0.717) is 30.9 Å². The minimum atomic E-state index is -0.658. The molecule has 1 aliphatic heterocycles. The summed E-state index contributed by atoms with van der Waals surface area (Å²) in [5, 5.41) is 12.1. The number of ether oxygens (including phenoxy) is 1. The molecule has 160 valence electrons. The quantitative estimate of drug-likeness (QED) is 0.345. The van der Waals surface area contributed by atoms with Crippen LogP contribution in [0.3, 0.4) is 0 Å². The van der Waals surface area contributed by atoms with E-state index in [1.165, 1.54) is 0 Å².